The van der Waals surface area contributed by atoms with Crippen molar-refractivity contribution in [2.24, 2.45) is 0 Å². The standard InChI is InChI=1S/C15H21NO3/c1-3-14(15(18)19-2)7-8-16-10-12-5-4-6-13(9-12)11-17/h4-7,9,16-17H,3,8,10-11H2,1-2H3/b14-7-. The van der Waals surface area contributed by atoms with E-state index in [4.69, 9.17) is 5.11 Å². The molecule has 0 saturated carbocycles. The van der Waals surface area contributed by atoms with Gasteiger partial charge < -0.3 is 15.2 Å². The number of rotatable bonds is 7. The minimum absolute atomic E-state index is 0.0517. The minimum atomic E-state index is -0.272. The van der Waals surface area contributed by atoms with Crippen molar-refractivity contribution in [1.82, 2.24) is 5.32 Å². The van der Waals surface area contributed by atoms with E-state index < -0.39 is 0 Å². The Labute approximate surface area is 114 Å². The van der Waals surface area contributed by atoms with Crippen LogP contribution in [0.1, 0.15) is 24.5 Å². The van der Waals surface area contributed by atoms with E-state index in [1.54, 1.807) is 0 Å². The normalized spacial score (nSPS) is 11.4. The van der Waals surface area contributed by atoms with Crippen LogP contribution in [0.25, 0.3) is 0 Å². The van der Waals surface area contributed by atoms with Crippen molar-refractivity contribution in [2.45, 2.75) is 26.5 Å². The lowest BCUT2D eigenvalue weighted by molar-refractivity contribution is -0.136. The van der Waals surface area contributed by atoms with Gasteiger partial charge in [0.15, 0.2) is 0 Å². The molecule has 104 valence electrons. The van der Waals surface area contributed by atoms with Gasteiger partial charge in [0, 0.05) is 18.7 Å². The van der Waals surface area contributed by atoms with E-state index in [2.05, 4.69) is 10.1 Å². The molecule has 0 aromatic heterocycles. The van der Waals surface area contributed by atoms with Gasteiger partial charge in [0.2, 0.25) is 0 Å². The van der Waals surface area contributed by atoms with Gasteiger partial charge in [0.05, 0.1) is 13.7 Å². The maximum atomic E-state index is 11.3. The van der Waals surface area contributed by atoms with Crippen LogP contribution in [0.3, 0.4) is 0 Å². The summed E-state index contributed by atoms with van der Waals surface area (Å²) in [6.07, 6.45) is 2.51. The van der Waals surface area contributed by atoms with Crippen LogP contribution in [0.4, 0.5) is 0 Å². The molecule has 1 aromatic carbocycles. The highest BCUT2D eigenvalue weighted by molar-refractivity contribution is 5.88. The van der Waals surface area contributed by atoms with E-state index >= 15 is 0 Å². The van der Waals surface area contributed by atoms with E-state index in [1.165, 1.54) is 7.11 Å². The number of esters is 1. The van der Waals surface area contributed by atoms with Gasteiger partial charge in [-0.25, -0.2) is 4.79 Å². The van der Waals surface area contributed by atoms with Gasteiger partial charge in [-0.05, 0) is 17.5 Å². The number of ether oxygens (including phenoxy) is 1. The number of methoxy groups -OCH3 is 1. The Hall–Kier alpha value is -1.65. The van der Waals surface area contributed by atoms with Gasteiger partial charge in [-0.15, -0.1) is 0 Å². The van der Waals surface area contributed by atoms with Gasteiger partial charge >= 0.3 is 5.97 Å². The zero-order chi connectivity index (χ0) is 14.1. The van der Waals surface area contributed by atoms with Crippen molar-refractivity contribution in [3.05, 3.63) is 47.0 Å². The molecule has 0 atom stereocenters. The second kappa shape index (κ2) is 8.45. The SMILES string of the molecule is CC/C(=C/CNCc1cccc(CO)c1)C(=O)OC. The Morgan fingerprint density at radius 2 is 2.16 bits per heavy atom. The first-order valence-electron chi connectivity index (χ1n) is 6.38. The number of carbonyl (C=O) groups is 1. The number of hydrogen-bond donors (Lipinski definition) is 2. The van der Waals surface area contributed by atoms with Crippen molar-refractivity contribution >= 4 is 5.97 Å². The van der Waals surface area contributed by atoms with Crippen LogP contribution >= 0.6 is 0 Å². The highest BCUT2D eigenvalue weighted by atomic mass is 16.5. The van der Waals surface area contributed by atoms with Gasteiger partial charge in [0.1, 0.15) is 0 Å². The first-order chi connectivity index (χ1) is 9.21. The summed E-state index contributed by atoms with van der Waals surface area (Å²) < 4.78 is 4.69. The number of carbonyl (C=O) groups excluding carboxylic acids is 1. The molecule has 1 aromatic rings. The lowest BCUT2D eigenvalue weighted by Crippen LogP contribution is -2.15. The minimum Gasteiger partial charge on any atom is -0.466 e. The Balaban J connectivity index is 2.45. The van der Waals surface area contributed by atoms with Crippen molar-refractivity contribution in [2.75, 3.05) is 13.7 Å². The number of benzene rings is 1. The zero-order valence-electron chi connectivity index (χ0n) is 11.5. The summed E-state index contributed by atoms with van der Waals surface area (Å²) in [5.74, 6) is -0.272. The number of aliphatic hydroxyl groups excluding tert-OH is 1. The van der Waals surface area contributed by atoms with Gasteiger partial charge in [-0.3, -0.25) is 0 Å². The molecule has 0 aliphatic carbocycles. The van der Waals surface area contributed by atoms with Crippen molar-refractivity contribution in [3.8, 4) is 0 Å². The third-order valence-electron chi connectivity index (χ3n) is 2.82. The van der Waals surface area contributed by atoms with Crippen LogP contribution < -0.4 is 5.32 Å². The van der Waals surface area contributed by atoms with Gasteiger partial charge in [0.25, 0.3) is 0 Å². The fraction of sp³-hybridized carbons (Fsp3) is 0.400. The summed E-state index contributed by atoms with van der Waals surface area (Å²) in [7, 11) is 1.39. The van der Waals surface area contributed by atoms with Crippen molar-refractivity contribution in [3.63, 3.8) is 0 Å². The fourth-order valence-electron chi connectivity index (χ4n) is 1.75. The molecule has 0 fully saturated rings. The molecule has 0 spiro atoms. The van der Waals surface area contributed by atoms with Crippen LogP contribution in [-0.4, -0.2) is 24.7 Å². The smallest absolute Gasteiger partial charge is 0.333 e. The van der Waals surface area contributed by atoms with Gasteiger partial charge in [-0.2, -0.15) is 0 Å². The fourth-order valence-corrected chi connectivity index (χ4v) is 1.75. The Morgan fingerprint density at radius 3 is 2.79 bits per heavy atom. The van der Waals surface area contributed by atoms with E-state index in [0.717, 1.165) is 11.1 Å². The number of nitrogens with one attached hydrogen (secondary N) is 1. The van der Waals surface area contributed by atoms with Crippen molar-refractivity contribution < 1.29 is 14.6 Å². The Kier molecular flexibility index (Phi) is 6.85. The summed E-state index contributed by atoms with van der Waals surface area (Å²) in [5, 5.41) is 12.3. The zero-order valence-corrected chi connectivity index (χ0v) is 11.5. The third-order valence-corrected chi connectivity index (χ3v) is 2.82. The van der Waals surface area contributed by atoms with E-state index in [0.29, 0.717) is 25.1 Å². The molecule has 1 rings (SSSR count). The molecule has 0 radical (unpaired) electrons. The predicted octanol–water partition coefficient (Wildman–Crippen LogP) is 1.78. The van der Waals surface area contributed by atoms with Crippen LogP contribution in [0.15, 0.2) is 35.9 Å². The second-order valence-electron chi connectivity index (χ2n) is 4.18. The molecule has 0 heterocycles. The molecule has 0 amide bonds. The molecule has 0 unspecified atom stereocenters. The first-order valence-corrected chi connectivity index (χ1v) is 6.38. The highest BCUT2D eigenvalue weighted by Gasteiger charge is 2.05. The van der Waals surface area contributed by atoms with Crippen LogP contribution in [0.5, 0.6) is 0 Å². The summed E-state index contributed by atoms with van der Waals surface area (Å²) in [6.45, 7) is 3.29. The molecule has 4 heteroatoms. The Morgan fingerprint density at radius 1 is 1.42 bits per heavy atom. The molecule has 4 nitrogen and oxygen atoms in total. The average molecular weight is 263 g/mol. The Bertz CT molecular complexity index is 441. The van der Waals surface area contributed by atoms with Crippen LogP contribution in [0, 0.1) is 0 Å². The predicted molar refractivity (Wildman–Crippen MR) is 74.5 cm³/mol. The molecular weight excluding hydrogens is 242 g/mol. The van der Waals surface area contributed by atoms with E-state index in [9.17, 15) is 4.79 Å². The summed E-state index contributed by atoms with van der Waals surface area (Å²) in [5.41, 5.74) is 2.69. The largest absolute Gasteiger partial charge is 0.466 e. The quantitative estimate of drug-likeness (QED) is 0.447. The summed E-state index contributed by atoms with van der Waals surface area (Å²) >= 11 is 0. The molecule has 0 bridgehead atoms. The third kappa shape index (κ3) is 5.24. The summed E-state index contributed by atoms with van der Waals surface area (Å²) in [4.78, 5) is 11.3. The maximum Gasteiger partial charge on any atom is 0.333 e. The topological polar surface area (TPSA) is 58.6 Å². The van der Waals surface area contributed by atoms with Crippen molar-refractivity contribution in [1.29, 1.82) is 0 Å². The number of aliphatic hydroxyl groups is 1. The first kappa shape index (κ1) is 15.4. The maximum absolute atomic E-state index is 11.3. The molecule has 0 aliphatic heterocycles. The second-order valence-corrected chi connectivity index (χ2v) is 4.18. The number of hydrogen-bond acceptors (Lipinski definition) is 4. The van der Waals surface area contributed by atoms with Crippen LogP contribution in [0.2, 0.25) is 0 Å². The molecule has 0 aliphatic rings. The average Bonchev–Trinajstić information content (AvgIpc) is 2.47. The highest BCUT2D eigenvalue weighted by Crippen LogP contribution is 2.05. The van der Waals surface area contributed by atoms with Crippen LogP contribution in [-0.2, 0) is 22.7 Å². The molecule has 0 saturated heterocycles. The molecule has 19 heavy (non-hydrogen) atoms. The van der Waals surface area contributed by atoms with E-state index in [-0.39, 0.29) is 12.6 Å². The lowest BCUT2D eigenvalue weighted by atomic mass is 10.1. The van der Waals surface area contributed by atoms with Gasteiger partial charge in [-0.1, -0.05) is 37.3 Å². The van der Waals surface area contributed by atoms with E-state index in [1.807, 2.05) is 37.3 Å². The monoisotopic (exact) mass is 263 g/mol. The molecule has 2 N–H and O–H groups in total. The molecular formula is C15H21NO3. The lowest BCUT2D eigenvalue weighted by Gasteiger charge is -2.05. The summed E-state index contributed by atoms with van der Waals surface area (Å²) in [6, 6.07) is 7.76.